The third kappa shape index (κ3) is 2.49. The summed E-state index contributed by atoms with van der Waals surface area (Å²) in [5.41, 5.74) is 0.115. The molecule has 0 spiro atoms. The molecule has 0 bridgehead atoms. The van der Waals surface area contributed by atoms with E-state index in [4.69, 9.17) is 16.7 Å². The fraction of sp³-hybridized carbons (Fsp3) is 0.111. The van der Waals surface area contributed by atoms with E-state index in [2.05, 4.69) is 20.7 Å². The van der Waals surface area contributed by atoms with Gasteiger partial charge in [-0.2, -0.15) is 0 Å². The molecule has 0 atom stereocenters. The molecule has 6 heteroatoms. The molecule has 0 aliphatic rings. The van der Waals surface area contributed by atoms with Crippen molar-refractivity contribution in [3.8, 4) is 0 Å². The highest BCUT2D eigenvalue weighted by molar-refractivity contribution is 9.10. The topological polar surface area (TPSA) is 63.6 Å². The highest BCUT2D eigenvalue weighted by Crippen LogP contribution is 2.26. The molecule has 0 saturated carbocycles. The van der Waals surface area contributed by atoms with Gasteiger partial charge in [0.05, 0.1) is 23.3 Å². The van der Waals surface area contributed by atoms with E-state index in [1.165, 1.54) is 19.2 Å². The molecular weight excluding hydrogens is 287 g/mol. The predicted molar refractivity (Wildman–Crippen MR) is 57.5 cm³/mol. The molecule has 0 saturated heterocycles. The van der Waals surface area contributed by atoms with Crippen molar-refractivity contribution < 1.29 is 19.4 Å². The Balaban J connectivity index is 3.31. The quantitative estimate of drug-likeness (QED) is 0.851. The molecule has 4 nitrogen and oxygen atoms in total. The Labute approximate surface area is 98.9 Å². The van der Waals surface area contributed by atoms with Crippen LogP contribution < -0.4 is 0 Å². The number of carboxylic acid groups (broad SMARTS) is 1. The number of aromatic carboxylic acids is 1. The van der Waals surface area contributed by atoms with Gasteiger partial charge in [-0.1, -0.05) is 11.6 Å². The van der Waals surface area contributed by atoms with Gasteiger partial charge in [-0.3, -0.25) is 0 Å². The Morgan fingerprint density at radius 3 is 2.47 bits per heavy atom. The number of benzene rings is 1. The molecule has 0 heterocycles. The first kappa shape index (κ1) is 12.0. The molecule has 0 fully saturated rings. The van der Waals surface area contributed by atoms with E-state index >= 15 is 0 Å². The van der Waals surface area contributed by atoms with Crippen molar-refractivity contribution in [3.63, 3.8) is 0 Å². The van der Waals surface area contributed by atoms with Gasteiger partial charge < -0.3 is 9.84 Å². The van der Waals surface area contributed by atoms with Crippen LogP contribution >= 0.6 is 27.5 Å². The highest BCUT2D eigenvalue weighted by atomic mass is 79.9. The summed E-state index contributed by atoms with van der Waals surface area (Å²) in [6.45, 7) is 0. The van der Waals surface area contributed by atoms with E-state index in [0.29, 0.717) is 4.47 Å². The van der Waals surface area contributed by atoms with Crippen LogP contribution in [0.5, 0.6) is 0 Å². The number of carboxylic acids is 1. The van der Waals surface area contributed by atoms with Crippen molar-refractivity contribution in [2.24, 2.45) is 0 Å². The summed E-state index contributed by atoms with van der Waals surface area (Å²) in [5.74, 6) is -1.74. The molecule has 0 radical (unpaired) electrons. The molecule has 1 aromatic carbocycles. The number of carbonyl (C=O) groups excluding carboxylic acids is 1. The maximum absolute atomic E-state index is 11.2. The third-order valence-electron chi connectivity index (χ3n) is 1.69. The van der Waals surface area contributed by atoms with E-state index in [9.17, 15) is 9.59 Å². The molecule has 0 aromatic heterocycles. The van der Waals surface area contributed by atoms with Crippen molar-refractivity contribution in [1.29, 1.82) is 0 Å². The van der Waals surface area contributed by atoms with E-state index in [0.717, 1.165) is 0 Å². The van der Waals surface area contributed by atoms with Crippen molar-refractivity contribution in [1.82, 2.24) is 0 Å². The SMILES string of the molecule is COC(=O)c1cc(Cl)c(C(=O)O)cc1Br. The van der Waals surface area contributed by atoms with Crippen molar-refractivity contribution >= 4 is 39.5 Å². The summed E-state index contributed by atoms with van der Waals surface area (Å²) >= 11 is 8.76. The number of methoxy groups -OCH3 is 1. The van der Waals surface area contributed by atoms with Crippen LogP contribution in [0.1, 0.15) is 20.7 Å². The molecule has 80 valence electrons. The predicted octanol–water partition coefficient (Wildman–Crippen LogP) is 2.59. The average molecular weight is 294 g/mol. The Morgan fingerprint density at radius 2 is 2.00 bits per heavy atom. The maximum Gasteiger partial charge on any atom is 0.339 e. The Morgan fingerprint density at radius 1 is 1.40 bits per heavy atom. The molecule has 0 aliphatic heterocycles. The second-order valence-corrected chi connectivity index (χ2v) is 3.87. The second kappa shape index (κ2) is 4.63. The van der Waals surface area contributed by atoms with Crippen LogP contribution in [0, 0.1) is 0 Å². The average Bonchev–Trinajstić information content (AvgIpc) is 2.19. The minimum Gasteiger partial charge on any atom is -0.478 e. The summed E-state index contributed by atoms with van der Waals surface area (Å²) in [4.78, 5) is 21.9. The minimum atomic E-state index is -1.16. The van der Waals surface area contributed by atoms with Gasteiger partial charge in [-0.15, -0.1) is 0 Å². The zero-order chi connectivity index (χ0) is 11.6. The Kier molecular flexibility index (Phi) is 3.71. The van der Waals surface area contributed by atoms with E-state index in [1.54, 1.807) is 0 Å². The van der Waals surface area contributed by atoms with Crippen LogP contribution in [0.15, 0.2) is 16.6 Å². The lowest BCUT2D eigenvalue weighted by atomic mass is 10.1. The van der Waals surface area contributed by atoms with Gasteiger partial charge in [-0.05, 0) is 28.1 Å². The lowest BCUT2D eigenvalue weighted by Gasteiger charge is -2.05. The first-order valence-electron chi connectivity index (χ1n) is 3.78. The number of carbonyl (C=O) groups is 2. The van der Waals surface area contributed by atoms with E-state index < -0.39 is 11.9 Å². The number of hydrogen-bond acceptors (Lipinski definition) is 3. The van der Waals surface area contributed by atoms with Gasteiger partial charge in [0, 0.05) is 4.47 Å². The molecule has 0 aliphatic carbocycles. The summed E-state index contributed by atoms with van der Waals surface area (Å²) in [6.07, 6.45) is 0. The number of rotatable bonds is 2. The van der Waals surface area contributed by atoms with Crippen LogP contribution in [-0.4, -0.2) is 24.2 Å². The fourth-order valence-electron chi connectivity index (χ4n) is 0.977. The third-order valence-corrected chi connectivity index (χ3v) is 2.66. The van der Waals surface area contributed by atoms with Crippen LogP contribution in [0.3, 0.4) is 0 Å². The molecular formula is C9H6BrClO4. The number of halogens is 2. The zero-order valence-electron chi connectivity index (χ0n) is 7.58. The molecule has 15 heavy (non-hydrogen) atoms. The van der Waals surface area contributed by atoms with E-state index in [-0.39, 0.29) is 16.1 Å². The van der Waals surface area contributed by atoms with Crippen LogP contribution in [0.2, 0.25) is 5.02 Å². The van der Waals surface area contributed by atoms with Crippen LogP contribution in [0.4, 0.5) is 0 Å². The first-order chi connectivity index (χ1) is 6.97. The fourth-order valence-corrected chi connectivity index (χ4v) is 1.73. The summed E-state index contributed by atoms with van der Waals surface area (Å²) in [7, 11) is 1.23. The highest BCUT2D eigenvalue weighted by Gasteiger charge is 2.16. The smallest absolute Gasteiger partial charge is 0.339 e. The Hall–Kier alpha value is -1.07. The molecule has 1 N–H and O–H groups in total. The lowest BCUT2D eigenvalue weighted by Crippen LogP contribution is -2.05. The number of hydrogen-bond donors (Lipinski definition) is 1. The van der Waals surface area contributed by atoms with Gasteiger partial charge in [0.1, 0.15) is 0 Å². The van der Waals surface area contributed by atoms with Crippen molar-refractivity contribution in [3.05, 3.63) is 32.8 Å². The first-order valence-corrected chi connectivity index (χ1v) is 4.95. The van der Waals surface area contributed by atoms with Gasteiger partial charge in [-0.25, -0.2) is 9.59 Å². The summed E-state index contributed by atoms with van der Waals surface area (Å²) < 4.78 is 4.83. The number of ether oxygens (including phenoxy) is 1. The molecule has 0 amide bonds. The van der Waals surface area contributed by atoms with Crippen molar-refractivity contribution in [2.45, 2.75) is 0 Å². The standard InChI is InChI=1S/C9H6BrClO4/c1-15-9(14)4-3-7(11)5(8(12)13)2-6(4)10/h2-3H,1H3,(H,12,13). The van der Waals surface area contributed by atoms with Crippen LogP contribution in [-0.2, 0) is 4.74 Å². The lowest BCUT2D eigenvalue weighted by molar-refractivity contribution is 0.0597. The Bertz CT molecular complexity index is 430. The molecule has 1 rings (SSSR count). The van der Waals surface area contributed by atoms with Gasteiger partial charge in [0.25, 0.3) is 0 Å². The largest absolute Gasteiger partial charge is 0.478 e. The van der Waals surface area contributed by atoms with E-state index in [1.807, 2.05) is 0 Å². The van der Waals surface area contributed by atoms with Crippen LogP contribution in [0.25, 0.3) is 0 Å². The zero-order valence-corrected chi connectivity index (χ0v) is 9.92. The summed E-state index contributed by atoms with van der Waals surface area (Å²) in [6, 6.07) is 2.51. The number of esters is 1. The van der Waals surface area contributed by atoms with Gasteiger partial charge >= 0.3 is 11.9 Å². The normalized spacial score (nSPS) is 9.80. The van der Waals surface area contributed by atoms with Crippen molar-refractivity contribution in [2.75, 3.05) is 7.11 Å². The monoisotopic (exact) mass is 292 g/mol. The molecule has 1 aromatic rings. The summed E-state index contributed by atoms with van der Waals surface area (Å²) in [5, 5.41) is 8.75. The maximum atomic E-state index is 11.2. The minimum absolute atomic E-state index is 0.00824. The second-order valence-electron chi connectivity index (χ2n) is 2.61. The van der Waals surface area contributed by atoms with Gasteiger partial charge in [0.2, 0.25) is 0 Å². The van der Waals surface area contributed by atoms with Gasteiger partial charge in [0.15, 0.2) is 0 Å². The molecule has 0 unspecified atom stereocenters.